The van der Waals surface area contributed by atoms with Crippen LogP contribution in [0.3, 0.4) is 0 Å². The number of rotatable bonds is 2. The number of nitro groups is 1. The van der Waals surface area contributed by atoms with E-state index in [1.54, 1.807) is 12.1 Å². The maximum Gasteiger partial charge on any atom is 0.326 e. The van der Waals surface area contributed by atoms with E-state index in [1.807, 2.05) is 17.1 Å². The predicted molar refractivity (Wildman–Crippen MR) is 91.8 cm³/mol. The lowest BCUT2D eigenvalue weighted by Crippen LogP contribution is -2.54. The summed E-state index contributed by atoms with van der Waals surface area (Å²) in [5.41, 5.74) is 2.90. The molecule has 2 aliphatic carbocycles. The highest BCUT2D eigenvalue weighted by molar-refractivity contribution is 5.84. The van der Waals surface area contributed by atoms with E-state index in [2.05, 4.69) is 12.2 Å². The zero-order valence-electron chi connectivity index (χ0n) is 13.5. The van der Waals surface area contributed by atoms with Crippen LogP contribution in [0.1, 0.15) is 35.8 Å². The number of hydrogen-bond acceptors (Lipinski definition) is 4. The number of non-ortho nitro benzene ring substituents is 1. The Morgan fingerprint density at radius 1 is 1.16 bits per heavy atom. The largest absolute Gasteiger partial charge is 0.480 e. The van der Waals surface area contributed by atoms with Gasteiger partial charge in [0.2, 0.25) is 0 Å². The molecule has 0 amide bonds. The number of carboxylic acids is 1. The summed E-state index contributed by atoms with van der Waals surface area (Å²) in [6, 6.07) is 2.76. The molecule has 6 nitrogen and oxygen atoms in total. The van der Waals surface area contributed by atoms with E-state index in [1.165, 1.54) is 0 Å². The number of aliphatic carboxylic acids is 1. The SMILES string of the molecule is O=C(O)[C@@H]1[C@H]2CC=C[C@@H]2c2cc([N+](=O)[O-])cc3c2N1C[C@@H]1CC=C[C@H]31. The van der Waals surface area contributed by atoms with Gasteiger partial charge in [0.25, 0.3) is 5.69 Å². The molecule has 0 saturated carbocycles. The average molecular weight is 338 g/mol. The van der Waals surface area contributed by atoms with Crippen LogP contribution in [0.5, 0.6) is 0 Å². The number of carbonyl (C=O) groups is 1. The predicted octanol–water partition coefficient (Wildman–Crippen LogP) is 3.20. The molecule has 25 heavy (non-hydrogen) atoms. The van der Waals surface area contributed by atoms with Crippen LogP contribution >= 0.6 is 0 Å². The second kappa shape index (κ2) is 4.94. The summed E-state index contributed by atoms with van der Waals surface area (Å²) < 4.78 is 0. The lowest BCUT2D eigenvalue weighted by molar-refractivity contribution is -0.385. The van der Waals surface area contributed by atoms with E-state index in [4.69, 9.17) is 0 Å². The Labute approximate surface area is 144 Å². The molecule has 5 atom stereocenters. The van der Waals surface area contributed by atoms with Gasteiger partial charge in [0.05, 0.1) is 4.92 Å². The summed E-state index contributed by atoms with van der Waals surface area (Å²) in [7, 11) is 0. The van der Waals surface area contributed by atoms with Crippen molar-refractivity contribution in [2.75, 3.05) is 11.4 Å². The van der Waals surface area contributed by atoms with Gasteiger partial charge in [-0.3, -0.25) is 10.1 Å². The molecular weight excluding hydrogens is 320 g/mol. The molecule has 1 aromatic carbocycles. The number of benzene rings is 1. The fourth-order valence-electron chi connectivity index (χ4n) is 5.33. The zero-order valence-corrected chi connectivity index (χ0v) is 13.5. The first-order chi connectivity index (χ1) is 12.1. The number of nitro benzene ring substituents is 1. The highest BCUT2D eigenvalue weighted by atomic mass is 16.6. The van der Waals surface area contributed by atoms with Crippen LogP contribution in [0, 0.1) is 22.0 Å². The molecule has 0 aromatic heterocycles. The van der Waals surface area contributed by atoms with Gasteiger partial charge in [-0.15, -0.1) is 0 Å². The first kappa shape index (κ1) is 14.7. The number of hydrogen-bond donors (Lipinski definition) is 1. The summed E-state index contributed by atoms with van der Waals surface area (Å²) in [4.78, 5) is 25.3. The minimum atomic E-state index is -0.793. The summed E-state index contributed by atoms with van der Waals surface area (Å²) in [6.07, 6.45) is 9.92. The Morgan fingerprint density at radius 2 is 1.84 bits per heavy atom. The molecule has 0 fully saturated rings. The van der Waals surface area contributed by atoms with Crippen molar-refractivity contribution in [1.29, 1.82) is 0 Å². The highest BCUT2D eigenvalue weighted by Gasteiger charge is 2.50. The lowest BCUT2D eigenvalue weighted by Gasteiger charge is -2.49. The molecule has 0 bridgehead atoms. The van der Waals surface area contributed by atoms with Gasteiger partial charge in [-0.25, -0.2) is 4.79 Å². The summed E-state index contributed by atoms with van der Waals surface area (Å²) in [5, 5.41) is 21.4. The number of fused-ring (bicyclic) bond motifs is 4. The first-order valence-electron chi connectivity index (χ1n) is 8.71. The van der Waals surface area contributed by atoms with Gasteiger partial charge in [0, 0.05) is 42.1 Å². The van der Waals surface area contributed by atoms with Crippen LogP contribution in [0.2, 0.25) is 0 Å². The smallest absolute Gasteiger partial charge is 0.326 e. The fraction of sp³-hybridized carbons (Fsp3) is 0.421. The summed E-state index contributed by atoms with van der Waals surface area (Å²) >= 11 is 0. The van der Waals surface area contributed by atoms with E-state index < -0.39 is 12.0 Å². The van der Waals surface area contributed by atoms with Crippen molar-refractivity contribution in [3.8, 4) is 0 Å². The van der Waals surface area contributed by atoms with E-state index in [0.717, 1.165) is 23.2 Å². The van der Waals surface area contributed by atoms with E-state index in [9.17, 15) is 20.0 Å². The van der Waals surface area contributed by atoms with Crippen LogP contribution in [-0.4, -0.2) is 28.6 Å². The molecule has 0 spiro atoms. The minimum Gasteiger partial charge on any atom is -0.480 e. The second-order valence-corrected chi connectivity index (χ2v) is 7.47. The standard InChI is InChI=1S/C19H18N2O4/c22-19(23)18-14-6-2-5-13(14)16-8-11(21(24)25)7-15-12-4-1-3-10(12)9-20(18)17(15)16/h1-2,4-5,7-8,10,12-14,18H,3,6,9H2,(H,22,23)/t10-,12-,13-,14-,18-/m0/s1. The third-order valence-corrected chi connectivity index (χ3v) is 6.30. The second-order valence-electron chi connectivity index (χ2n) is 7.47. The molecule has 0 radical (unpaired) electrons. The maximum atomic E-state index is 12.1. The third-order valence-electron chi connectivity index (χ3n) is 6.30. The maximum absolute atomic E-state index is 12.1. The number of carboxylic acid groups (broad SMARTS) is 1. The molecule has 2 heterocycles. The molecule has 6 heteroatoms. The van der Waals surface area contributed by atoms with E-state index >= 15 is 0 Å². The van der Waals surface area contributed by atoms with E-state index in [0.29, 0.717) is 18.9 Å². The zero-order chi connectivity index (χ0) is 17.3. The molecule has 1 aromatic rings. The van der Waals surface area contributed by atoms with Crippen molar-refractivity contribution < 1.29 is 14.8 Å². The Balaban J connectivity index is 1.79. The van der Waals surface area contributed by atoms with Gasteiger partial charge >= 0.3 is 5.97 Å². The summed E-state index contributed by atoms with van der Waals surface area (Å²) in [5.74, 6) is -0.437. The number of nitrogens with zero attached hydrogens (tertiary/aromatic N) is 2. The molecule has 1 N–H and O–H groups in total. The molecule has 2 aliphatic heterocycles. The van der Waals surface area contributed by atoms with Crippen molar-refractivity contribution >= 4 is 17.3 Å². The first-order valence-corrected chi connectivity index (χ1v) is 8.71. The van der Waals surface area contributed by atoms with Crippen molar-refractivity contribution in [2.45, 2.75) is 30.7 Å². The van der Waals surface area contributed by atoms with Crippen molar-refractivity contribution in [3.05, 3.63) is 57.7 Å². The number of anilines is 1. The topological polar surface area (TPSA) is 83.7 Å². The van der Waals surface area contributed by atoms with Gasteiger partial charge in [0.1, 0.15) is 6.04 Å². The van der Waals surface area contributed by atoms with Gasteiger partial charge in [0.15, 0.2) is 0 Å². The quantitative estimate of drug-likeness (QED) is 0.508. The molecule has 0 unspecified atom stereocenters. The molecule has 5 rings (SSSR count). The van der Waals surface area contributed by atoms with Gasteiger partial charge in [-0.2, -0.15) is 0 Å². The summed E-state index contributed by atoms with van der Waals surface area (Å²) in [6.45, 7) is 0.704. The van der Waals surface area contributed by atoms with Crippen LogP contribution in [0.15, 0.2) is 36.4 Å². The van der Waals surface area contributed by atoms with Crippen molar-refractivity contribution in [1.82, 2.24) is 0 Å². The van der Waals surface area contributed by atoms with Gasteiger partial charge in [-0.05, 0) is 29.9 Å². The highest BCUT2D eigenvalue weighted by Crippen LogP contribution is 2.55. The average Bonchev–Trinajstić information content (AvgIpc) is 3.23. The van der Waals surface area contributed by atoms with Crippen molar-refractivity contribution in [3.63, 3.8) is 0 Å². The minimum absolute atomic E-state index is 0.0482. The molecule has 4 aliphatic rings. The van der Waals surface area contributed by atoms with Gasteiger partial charge in [-0.1, -0.05) is 24.3 Å². The van der Waals surface area contributed by atoms with Crippen LogP contribution in [-0.2, 0) is 4.79 Å². The monoisotopic (exact) mass is 338 g/mol. The normalized spacial score (nSPS) is 33.8. The van der Waals surface area contributed by atoms with Crippen molar-refractivity contribution in [2.24, 2.45) is 11.8 Å². The van der Waals surface area contributed by atoms with E-state index in [-0.39, 0.29) is 28.4 Å². The van der Waals surface area contributed by atoms with Crippen LogP contribution < -0.4 is 4.90 Å². The fourth-order valence-corrected chi connectivity index (χ4v) is 5.33. The number of allylic oxidation sites excluding steroid dienone is 4. The third kappa shape index (κ3) is 1.88. The van der Waals surface area contributed by atoms with Crippen LogP contribution in [0.4, 0.5) is 11.4 Å². The Bertz CT molecular complexity index is 842. The Kier molecular flexibility index (Phi) is 2.90. The molecule has 128 valence electrons. The molecular formula is C19H18N2O4. The van der Waals surface area contributed by atoms with Gasteiger partial charge < -0.3 is 10.0 Å². The molecule has 0 saturated heterocycles. The van der Waals surface area contributed by atoms with Crippen LogP contribution in [0.25, 0.3) is 0 Å². The Morgan fingerprint density at radius 3 is 2.56 bits per heavy atom. The Hall–Kier alpha value is -2.63. The lowest BCUT2D eigenvalue weighted by atomic mass is 9.72.